The number of benzene rings is 1. The predicted octanol–water partition coefficient (Wildman–Crippen LogP) is 2.95. The van der Waals surface area contributed by atoms with Gasteiger partial charge in [0.1, 0.15) is 5.82 Å². The van der Waals surface area contributed by atoms with E-state index >= 15 is 0 Å². The molecule has 1 aromatic carbocycles. The number of nitrogens with two attached hydrogens (primary N) is 1. The lowest BCUT2D eigenvalue weighted by atomic mass is 10.0. The summed E-state index contributed by atoms with van der Waals surface area (Å²) in [4.78, 5) is 0. The highest BCUT2D eigenvalue weighted by Gasteiger charge is 2.16. The van der Waals surface area contributed by atoms with Crippen LogP contribution in [0, 0.1) is 5.82 Å². The third kappa shape index (κ3) is 2.14. The van der Waals surface area contributed by atoms with E-state index in [-0.39, 0.29) is 11.1 Å². The zero-order valence-electron chi connectivity index (χ0n) is 7.38. The molecule has 4 heteroatoms. The van der Waals surface area contributed by atoms with Gasteiger partial charge >= 0.3 is 0 Å². The van der Waals surface area contributed by atoms with Crippen LogP contribution in [-0.2, 0) is 0 Å². The first kappa shape index (κ1) is 10.8. The van der Waals surface area contributed by atoms with E-state index in [1.54, 1.807) is 0 Å². The summed E-state index contributed by atoms with van der Waals surface area (Å²) in [5.41, 5.74) is 5.31. The van der Waals surface area contributed by atoms with E-state index < -0.39 is 18.3 Å². The summed E-state index contributed by atoms with van der Waals surface area (Å²) >= 11 is 0. The molecule has 1 atom stereocenters. The fourth-order valence-electron chi connectivity index (χ4n) is 1.16. The highest BCUT2D eigenvalue weighted by Crippen LogP contribution is 2.27. The Kier molecular flexibility index (Phi) is 3.30. The van der Waals surface area contributed by atoms with Crippen molar-refractivity contribution in [1.29, 1.82) is 0 Å². The highest BCUT2D eigenvalue weighted by atomic mass is 19.3. The quantitative estimate of drug-likeness (QED) is 0.747. The van der Waals surface area contributed by atoms with Crippen LogP contribution in [0.3, 0.4) is 0 Å². The lowest BCUT2D eigenvalue weighted by Crippen LogP contribution is -2.10. The van der Waals surface area contributed by atoms with Crippen molar-refractivity contribution >= 4 is 0 Å². The van der Waals surface area contributed by atoms with E-state index in [1.165, 1.54) is 6.08 Å². The second kappa shape index (κ2) is 4.28. The Morgan fingerprint density at radius 3 is 2.43 bits per heavy atom. The molecule has 0 unspecified atom stereocenters. The first-order valence-corrected chi connectivity index (χ1v) is 4.02. The molecular weight excluding hydrogens is 191 g/mol. The molecule has 0 saturated heterocycles. The summed E-state index contributed by atoms with van der Waals surface area (Å²) in [6, 6.07) is 2.27. The van der Waals surface area contributed by atoms with Crippen LogP contribution in [0.25, 0.3) is 0 Å². The lowest BCUT2D eigenvalue weighted by Gasteiger charge is -2.12. The molecule has 0 aliphatic heterocycles. The number of hydrogen-bond acceptors (Lipinski definition) is 1. The minimum absolute atomic E-state index is 0.0787. The van der Waals surface area contributed by atoms with Crippen molar-refractivity contribution in [1.82, 2.24) is 0 Å². The molecule has 0 aliphatic rings. The molecular formula is C10H10F3N. The lowest BCUT2D eigenvalue weighted by molar-refractivity contribution is 0.150. The maximum atomic E-state index is 12.8. The van der Waals surface area contributed by atoms with Gasteiger partial charge in [-0.15, -0.1) is 6.58 Å². The maximum Gasteiger partial charge on any atom is 0.264 e. The zero-order valence-corrected chi connectivity index (χ0v) is 7.38. The Hall–Kier alpha value is -1.29. The minimum Gasteiger partial charge on any atom is -0.321 e. The standard InChI is InChI=1S/C10H10F3N/c1-2-9(14)8-5-6(11)3-4-7(8)10(12)13/h2-5,9-10H,1,14H2/t9-/m0/s1. The van der Waals surface area contributed by atoms with Gasteiger partial charge in [0.05, 0.1) is 0 Å². The van der Waals surface area contributed by atoms with E-state index in [2.05, 4.69) is 6.58 Å². The van der Waals surface area contributed by atoms with Crippen LogP contribution < -0.4 is 5.73 Å². The van der Waals surface area contributed by atoms with Gasteiger partial charge in [0.2, 0.25) is 0 Å². The van der Waals surface area contributed by atoms with Crippen LogP contribution in [0.1, 0.15) is 23.6 Å². The van der Waals surface area contributed by atoms with E-state index in [4.69, 9.17) is 5.73 Å². The van der Waals surface area contributed by atoms with Crippen molar-refractivity contribution < 1.29 is 13.2 Å². The van der Waals surface area contributed by atoms with Gasteiger partial charge in [-0.05, 0) is 17.7 Å². The smallest absolute Gasteiger partial charge is 0.264 e. The fourth-order valence-corrected chi connectivity index (χ4v) is 1.16. The van der Waals surface area contributed by atoms with Gasteiger partial charge in [-0.2, -0.15) is 0 Å². The van der Waals surface area contributed by atoms with Crippen LogP contribution in [0.4, 0.5) is 13.2 Å². The van der Waals surface area contributed by atoms with E-state index in [9.17, 15) is 13.2 Å². The second-order valence-electron chi connectivity index (χ2n) is 2.84. The van der Waals surface area contributed by atoms with Crippen LogP contribution in [-0.4, -0.2) is 0 Å². The average molecular weight is 201 g/mol. The molecule has 1 aromatic rings. The molecule has 0 bridgehead atoms. The molecule has 0 amide bonds. The summed E-state index contributed by atoms with van der Waals surface area (Å²) < 4.78 is 37.7. The van der Waals surface area contributed by atoms with Gasteiger partial charge in [-0.25, -0.2) is 13.2 Å². The van der Waals surface area contributed by atoms with Crippen molar-refractivity contribution in [2.75, 3.05) is 0 Å². The van der Waals surface area contributed by atoms with Crippen molar-refractivity contribution in [3.05, 3.63) is 47.8 Å². The fraction of sp³-hybridized carbons (Fsp3) is 0.200. The third-order valence-corrected chi connectivity index (χ3v) is 1.90. The third-order valence-electron chi connectivity index (χ3n) is 1.90. The molecule has 14 heavy (non-hydrogen) atoms. The molecule has 76 valence electrons. The topological polar surface area (TPSA) is 26.0 Å². The Morgan fingerprint density at radius 2 is 1.93 bits per heavy atom. The van der Waals surface area contributed by atoms with Crippen molar-refractivity contribution in [2.24, 2.45) is 5.73 Å². The minimum atomic E-state index is -2.66. The molecule has 0 spiro atoms. The molecule has 0 heterocycles. The average Bonchev–Trinajstić information content (AvgIpc) is 2.16. The van der Waals surface area contributed by atoms with Crippen molar-refractivity contribution in [3.63, 3.8) is 0 Å². The van der Waals surface area contributed by atoms with Gasteiger partial charge in [-0.3, -0.25) is 0 Å². The number of alkyl halides is 2. The molecule has 0 aliphatic carbocycles. The van der Waals surface area contributed by atoms with E-state index in [0.29, 0.717) is 0 Å². The molecule has 2 N–H and O–H groups in total. The van der Waals surface area contributed by atoms with E-state index in [1.807, 2.05) is 0 Å². The normalized spacial score (nSPS) is 12.9. The summed E-state index contributed by atoms with van der Waals surface area (Å²) in [6.07, 6.45) is -1.36. The SMILES string of the molecule is C=C[C@H](N)c1cc(F)ccc1C(F)F. The van der Waals surface area contributed by atoms with Gasteiger partial charge in [0.25, 0.3) is 6.43 Å². The summed E-state index contributed by atoms with van der Waals surface area (Å²) in [7, 11) is 0. The molecule has 0 saturated carbocycles. The zero-order chi connectivity index (χ0) is 10.7. The largest absolute Gasteiger partial charge is 0.321 e. The molecule has 0 aromatic heterocycles. The summed E-state index contributed by atoms with van der Waals surface area (Å²) in [5.74, 6) is -0.582. The van der Waals surface area contributed by atoms with Crippen LogP contribution in [0.15, 0.2) is 30.9 Å². The Bertz CT molecular complexity index is 336. The Morgan fingerprint density at radius 1 is 1.29 bits per heavy atom. The van der Waals surface area contributed by atoms with Gasteiger partial charge in [0, 0.05) is 11.6 Å². The molecule has 1 nitrogen and oxygen atoms in total. The Labute approximate surface area is 80.0 Å². The van der Waals surface area contributed by atoms with Gasteiger partial charge in [0.15, 0.2) is 0 Å². The van der Waals surface area contributed by atoms with E-state index in [0.717, 1.165) is 18.2 Å². The van der Waals surface area contributed by atoms with Gasteiger partial charge < -0.3 is 5.73 Å². The predicted molar refractivity (Wildman–Crippen MR) is 48.5 cm³/mol. The molecule has 1 rings (SSSR count). The van der Waals surface area contributed by atoms with Gasteiger partial charge in [-0.1, -0.05) is 12.1 Å². The van der Waals surface area contributed by atoms with Crippen LogP contribution >= 0.6 is 0 Å². The Balaban J connectivity index is 3.22. The van der Waals surface area contributed by atoms with Crippen molar-refractivity contribution in [3.8, 4) is 0 Å². The molecule has 0 radical (unpaired) electrons. The number of hydrogen-bond donors (Lipinski definition) is 1. The first-order chi connectivity index (χ1) is 6.56. The number of rotatable bonds is 3. The van der Waals surface area contributed by atoms with Crippen LogP contribution in [0.2, 0.25) is 0 Å². The maximum absolute atomic E-state index is 12.8. The summed E-state index contributed by atoms with van der Waals surface area (Å²) in [6.45, 7) is 3.37. The second-order valence-corrected chi connectivity index (χ2v) is 2.84. The van der Waals surface area contributed by atoms with Crippen LogP contribution in [0.5, 0.6) is 0 Å². The highest BCUT2D eigenvalue weighted by molar-refractivity contribution is 5.33. The number of halogens is 3. The van der Waals surface area contributed by atoms with Crippen molar-refractivity contribution in [2.45, 2.75) is 12.5 Å². The molecule has 0 fully saturated rings. The monoisotopic (exact) mass is 201 g/mol. The first-order valence-electron chi connectivity index (χ1n) is 4.02. The summed E-state index contributed by atoms with van der Waals surface area (Å²) in [5, 5.41) is 0.